The monoisotopic (exact) mass is 266 g/mol. The number of nitrogens with one attached hydrogen (secondary N) is 1. The number of nitrogens with zero attached hydrogens (tertiary/aromatic N) is 1. The highest BCUT2D eigenvalue weighted by atomic mass is 32.1. The van der Waals surface area contributed by atoms with Gasteiger partial charge in [-0.15, -0.1) is 0 Å². The molecule has 0 aromatic carbocycles. The summed E-state index contributed by atoms with van der Waals surface area (Å²) in [6.45, 7) is 6.39. The van der Waals surface area contributed by atoms with E-state index < -0.39 is 0 Å². The van der Waals surface area contributed by atoms with Crippen molar-refractivity contribution in [1.29, 1.82) is 0 Å². The normalized spacial score (nSPS) is 25.7. The Hall–Kier alpha value is -0.870. The molecule has 1 N–H and O–H groups in total. The van der Waals surface area contributed by atoms with E-state index in [2.05, 4.69) is 42.9 Å². The molecule has 1 saturated heterocycles. The molecular weight excluding hydrogens is 244 g/mol. The predicted octanol–water partition coefficient (Wildman–Crippen LogP) is 3.15. The van der Waals surface area contributed by atoms with Crippen molar-refractivity contribution in [3.8, 4) is 0 Å². The van der Waals surface area contributed by atoms with Gasteiger partial charge in [-0.2, -0.15) is 11.3 Å². The first-order valence-corrected chi connectivity index (χ1v) is 7.73. The molecule has 0 spiro atoms. The van der Waals surface area contributed by atoms with Crippen LogP contribution in [0.2, 0.25) is 0 Å². The second kappa shape index (κ2) is 5.85. The van der Waals surface area contributed by atoms with Crippen molar-refractivity contribution < 1.29 is 4.79 Å². The number of carbonyl (C=O) groups excluding carboxylic acids is 1. The zero-order valence-corrected chi connectivity index (χ0v) is 12.2. The first kappa shape index (κ1) is 13.6. The summed E-state index contributed by atoms with van der Waals surface area (Å²) in [7, 11) is 0. The van der Waals surface area contributed by atoms with E-state index in [-0.39, 0.29) is 18.1 Å². The molecule has 0 radical (unpaired) electrons. The van der Waals surface area contributed by atoms with Gasteiger partial charge in [0, 0.05) is 6.04 Å². The number of rotatable bonds is 5. The lowest BCUT2D eigenvalue weighted by molar-refractivity contribution is -0.132. The van der Waals surface area contributed by atoms with Crippen LogP contribution >= 0.6 is 11.3 Å². The van der Waals surface area contributed by atoms with Crippen molar-refractivity contribution in [3.05, 3.63) is 22.4 Å². The first-order valence-electron chi connectivity index (χ1n) is 6.79. The molecule has 4 heteroatoms. The van der Waals surface area contributed by atoms with Crippen molar-refractivity contribution in [2.24, 2.45) is 0 Å². The Labute approximate surface area is 113 Å². The molecule has 2 heterocycles. The SMILES string of the molecule is CCCC(C)N1C(=O)C(CC)NC1c1ccsc1. The van der Waals surface area contributed by atoms with Crippen molar-refractivity contribution in [2.45, 2.75) is 58.3 Å². The standard InChI is InChI=1S/C14H22N2OS/c1-4-6-10(3)16-13(11-7-8-18-9-11)15-12(5-2)14(16)17/h7-10,12-13,15H,4-6H2,1-3H3. The van der Waals surface area contributed by atoms with Crippen LogP contribution < -0.4 is 5.32 Å². The fourth-order valence-corrected chi connectivity index (χ4v) is 3.34. The highest BCUT2D eigenvalue weighted by Crippen LogP contribution is 2.30. The zero-order valence-electron chi connectivity index (χ0n) is 11.3. The summed E-state index contributed by atoms with van der Waals surface area (Å²) in [4.78, 5) is 14.5. The fourth-order valence-electron chi connectivity index (χ4n) is 2.66. The molecular formula is C14H22N2OS. The van der Waals surface area contributed by atoms with Crippen LogP contribution in [0.5, 0.6) is 0 Å². The maximum Gasteiger partial charge on any atom is 0.241 e. The van der Waals surface area contributed by atoms with Gasteiger partial charge in [-0.05, 0) is 42.2 Å². The Morgan fingerprint density at radius 2 is 2.28 bits per heavy atom. The van der Waals surface area contributed by atoms with E-state index in [0.29, 0.717) is 6.04 Å². The Morgan fingerprint density at radius 1 is 1.50 bits per heavy atom. The average Bonchev–Trinajstić information content (AvgIpc) is 2.96. The molecule has 3 unspecified atom stereocenters. The average molecular weight is 266 g/mol. The van der Waals surface area contributed by atoms with Gasteiger partial charge in [0.1, 0.15) is 6.17 Å². The molecule has 1 aromatic heterocycles. The van der Waals surface area contributed by atoms with Crippen LogP contribution in [0.15, 0.2) is 16.8 Å². The maximum atomic E-state index is 12.4. The van der Waals surface area contributed by atoms with E-state index in [4.69, 9.17) is 0 Å². The molecule has 100 valence electrons. The summed E-state index contributed by atoms with van der Waals surface area (Å²) in [6.07, 6.45) is 3.09. The van der Waals surface area contributed by atoms with E-state index >= 15 is 0 Å². The molecule has 0 saturated carbocycles. The molecule has 2 rings (SSSR count). The van der Waals surface area contributed by atoms with Gasteiger partial charge in [0.2, 0.25) is 5.91 Å². The summed E-state index contributed by atoms with van der Waals surface area (Å²) in [5.74, 6) is 0.259. The zero-order chi connectivity index (χ0) is 13.1. The van der Waals surface area contributed by atoms with Crippen LogP contribution in [0, 0.1) is 0 Å². The number of carbonyl (C=O) groups is 1. The number of hydrogen-bond acceptors (Lipinski definition) is 3. The Bertz CT molecular complexity index is 391. The third kappa shape index (κ3) is 2.45. The maximum absolute atomic E-state index is 12.4. The molecule has 1 aliphatic rings. The lowest BCUT2D eigenvalue weighted by atomic mass is 10.1. The topological polar surface area (TPSA) is 32.3 Å². The van der Waals surface area contributed by atoms with Crippen LogP contribution in [0.4, 0.5) is 0 Å². The molecule has 1 aromatic rings. The third-order valence-corrected chi connectivity index (χ3v) is 4.34. The Balaban J connectivity index is 2.23. The van der Waals surface area contributed by atoms with Crippen LogP contribution in [0.3, 0.4) is 0 Å². The number of amides is 1. The summed E-state index contributed by atoms with van der Waals surface area (Å²) in [6, 6.07) is 2.39. The third-order valence-electron chi connectivity index (χ3n) is 3.64. The Morgan fingerprint density at radius 3 is 2.83 bits per heavy atom. The number of thiophene rings is 1. The molecule has 1 fully saturated rings. The van der Waals surface area contributed by atoms with Gasteiger partial charge in [-0.25, -0.2) is 0 Å². The van der Waals surface area contributed by atoms with Gasteiger partial charge in [-0.3, -0.25) is 10.1 Å². The van der Waals surface area contributed by atoms with Crippen LogP contribution in [0.25, 0.3) is 0 Å². The fraction of sp³-hybridized carbons (Fsp3) is 0.643. The van der Waals surface area contributed by atoms with Crippen LogP contribution in [0.1, 0.15) is 51.8 Å². The molecule has 3 atom stereocenters. The van der Waals surface area contributed by atoms with E-state index in [1.54, 1.807) is 11.3 Å². The lowest BCUT2D eigenvalue weighted by Crippen LogP contribution is -2.38. The minimum absolute atomic E-state index is 0.0193. The van der Waals surface area contributed by atoms with Crippen molar-refractivity contribution in [1.82, 2.24) is 10.2 Å². The second-order valence-corrected chi connectivity index (χ2v) is 5.75. The molecule has 1 amide bonds. The lowest BCUT2D eigenvalue weighted by Gasteiger charge is -2.30. The minimum Gasteiger partial charge on any atom is -0.319 e. The Kier molecular flexibility index (Phi) is 4.40. The second-order valence-electron chi connectivity index (χ2n) is 4.97. The van der Waals surface area contributed by atoms with Gasteiger partial charge in [0.05, 0.1) is 6.04 Å². The highest BCUT2D eigenvalue weighted by Gasteiger charge is 2.40. The van der Waals surface area contributed by atoms with Gasteiger partial charge in [0.15, 0.2) is 0 Å². The van der Waals surface area contributed by atoms with Crippen molar-refractivity contribution in [2.75, 3.05) is 0 Å². The van der Waals surface area contributed by atoms with E-state index in [0.717, 1.165) is 19.3 Å². The summed E-state index contributed by atoms with van der Waals surface area (Å²) >= 11 is 1.69. The summed E-state index contributed by atoms with van der Waals surface area (Å²) < 4.78 is 0. The van der Waals surface area contributed by atoms with Gasteiger partial charge < -0.3 is 4.90 Å². The van der Waals surface area contributed by atoms with Crippen molar-refractivity contribution >= 4 is 17.2 Å². The van der Waals surface area contributed by atoms with E-state index in [1.807, 2.05) is 4.90 Å². The van der Waals surface area contributed by atoms with Crippen LogP contribution in [-0.4, -0.2) is 22.9 Å². The molecule has 0 aliphatic carbocycles. The van der Waals surface area contributed by atoms with Gasteiger partial charge in [0.25, 0.3) is 0 Å². The largest absolute Gasteiger partial charge is 0.319 e. The van der Waals surface area contributed by atoms with E-state index in [9.17, 15) is 4.79 Å². The molecule has 3 nitrogen and oxygen atoms in total. The summed E-state index contributed by atoms with van der Waals surface area (Å²) in [5, 5.41) is 7.67. The smallest absolute Gasteiger partial charge is 0.241 e. The molecule has 0 bridgehead atoms. The number of hydrogen-bond donors (Lipinski definition) is 1. The van der Waals surface area contributed by atoms with E-state index in [1.165, 1.54) is 5.56 Å². The van der Waals surface area contributed by atoms with Crippen molar-refractivity contribution in [3.63, 3.8) is 0 Å². The van der Waals surface area contributed by atoms with Gasteiger partial charge in [-0.1, -0.05) is 20.3 Å². The highest BCUT2D eigenvalue weighted by molar-refractivity contribution is 7.07. The minimum atomic E-state index is -0.0193. The first-order chi connectivity index (χ1) is 8.69. The van der Waals surface area contributed by atoms with Crippen LogP contribution in [-0.2, 0) is 4.79 Å². The quantitative estimate of drug-likeness (QED) is 0.888. The summed E-state index contributed by atoms with van der Waals surface area (Å²) in [5.41, 5.74) is 1.22. The predicted molar refractivity (Wildman–Crippen MR) is 75.5 cm³/mol. The molecule has 1 aliphatic heterocycles. The van der Waals surface area contributed by atoms with Gasteiger partial charge >= 0.3 is 0 Å². The molecule has 18 heavy (non-hydrogen) atoms.